The first-order chi connectivity index (χ1) is 13.3. The molecule has 0 bridgehead atoms. The fourth-order valence-corrected chi connectivity index (χ4v) is 4.42. The quantitative estimate of drug-likeness (QED) is 0.750. The number of furan rings is 1. The molecule has 5 rings (SSSR count). The summed E-state index contributed by atoms with van der Waals surface area (Å²) in [6, 6.07) is 3.57. The first kappa shape index (κ1) is 16.5. The molecule has 7 nitrogen and oxygen atoms in total. The Morgan fingerprint density at radius 3 is 3.00 bits per heavy atom. The van der Waals surface area contributed by atoms with Crippen LogP contribution in [0.3, 0.4) is 0 Å². The largest absolute Gasteiger partial charge is 0.472 e. The molecule has 1 aliphatic carbocycles. The van der Waals surface area contributed by atoms with E-state index < -0.39 is 0 Å². The molecule has 1 saturated heterocycles. The Labute approximate surface area is 159 Å². The number of allylic oxidation sites excluding steroid dienone is 4. The molecule has 0 saturated carbocycles. The van der Waals surface area contributed by atoms with Gasteiger partial charge in [0, 0.05) is 43.7 Å². The van der Waals surface area contributed by atoms with Gasteiger partial charge in [0.1, 0.15) is 10.8 Å². The van der Waals surface area contributed by atoms with Gasteiger partial charge in [-0.15, -0.1) is 0 Å². The van der Waals surface area contributed by atoms with Crippen molar-refractivity contribution >= 4 is 27.7 Å². The molecule has 1 unspecified atom stereocenters. The minimum Gasteiger partial charge on any atom is -0.472 e. The first-order valence-electron chi connectivity index (χ1n) is 9.05. The van der Waals surface area contributed by atoms with Crippen LogP contribution in [-0.4, -0.2) is 40.8 Å². The number of nitrogens with zero attached hydrogens (tertiary/aromatic N) is 4. The summed E-state index contributed by atoms with van der Waals surface area (Å²) < 4.78 is 6.62. The van der Waals surface area contributed by atoms with Gasteiger partial charge < -0.3 is 14.6 Å². The molecule has 138 valence electrons. The molecule has 3 aromatic rings. The summed E-state index contributed by atoms with van der Waals surface area (Å²) in [6.07, 6.45) is 10.8. The maximum absolute atomic E-state index is 12.6. The highest BCUT2D eigenvalue weighted by molar-refractivity contribution is 7.17. The maximum atomic E-state index is 12.6. The van der Waals surface area contributed by atoms with E-state index in [-0.39, 0.29) is 11.5 Å². The van der Waals surface area contributed by atoms with Crippen LogP contribution in [0.2, 0.25) is 0 Å². The Kier molecular flexibility index (Phi) is 4.14. The van der Waals surface area contributed by atoms with Crippen molar-refractivity contribution < 1.29 is 4.42 Å². The molecule has 1 N–H and O–H groups in total. The summed E-state index contributed by atoms with van der Waals surface area (Å²) in [7, 11) is 0. The maximum Gasteiger partial charge on any atom is 0.277 e. The Morgan fingerprint density at radius 2 is 2.19 bits per heavy atom. The van der Waals surface area contributed by atoms with Crippen molar-refractivity contribution in [2.24, 2.45) is 0 Å². The molecule has 0 radical (unpaired) electrons. The van der Waals surface area contributed by atoms with Crippen molar-refractivity contribution in [1.82, 2.24) is 19.9 Å². The molecule has 0 amide bonds. The molecule has 1 aliphatic heterocycles. The van der Waals surface area contributed by atoms with E-state index >= 15 is 0 Å². The van der Waals surface area contributed by atoms with E-state index in [9.17, 15) is 4.79 Å². The minimum atomic E-state index is -0.136. The van der Waals surface area contributed by atoms with Crippen LogP contribution < -0.4 is 15.8 Å². The molecule has 0 aromatic carbocycles. The zero-order valence-corrected chi connectivity index (χ0v) is 15.5. The summed E-state index contributed by atoms with van der Waals surface area (Å²) >= 11 is 1.45. The standard InChI is InChI=1S/C19H19N5O2S/c25-17-11-16(23-7-5-20-6-8-23)21-19-24(17)22-18(27-19)14-3-1-2-13(10-14)15-4-9-26-12-15/h1,3-4,9-13,20H,2,5-8H2. The molecule has 1 fully saturated rings. The van der Waals surface area contributed by atoms with Crippen LogP contribution in [0.4, 0.5) is 5.82 Å². The summed E-state index contributed by atoms with van der Waals surface area (Å²) in [5, 5.41) is 8.65. The number of nitrogens with one attached hydrogen (secondary N) is 1. The van der Waals surface area contributed by atoms with E-state index in [1.165, 1.54) is 15.9 Å². The van der Waals surface area contributed by atoms with Crippen molar-refractivity contribution in [3.63, 3.8) is 0 Å². The number of aromatic nitrogens is 3. The first-order valence-corrected chi connectivity index (χ1v) is 9.87. The van der Waals surface area contributed by atoms with E-state index in [2.05, 4.69) is 33.5 Å². The van der Waals surface area contributed by atoms with E-state index in [1.807, 2.05) is 6.07 Å². The summed E-state index contributed by atoms with van der Waals surface area (Å²) in [5.74, 6) is 0.998. The third kappa shape index (κ3) is 3.11. The van der Waals surface area contributed by atoms with Crippen molar-refractivity contribution in [2.75, 3.05) is 31.1 Å². The third-order valence-corrected chi connectivity index (χ3v) is 5.92. The summed E-state index contributed by atoms with van der Waals surface area (Å²) in [5.41, 5.74) is 2.03. The van der Waals surface area contributed by atoms with Crippen molar-refractivity contribution in [2.45, 2.75) is 12.3 Å². The number of anilines is 1. The van der Waals surface area contributed by atoms with Crippen LogP contribution in [0.5, 0.6) is 0 Å². The van der Waals surface area contributed by atoms with Gasteiger partial charge in [-0.1, -0.05) is 29.6 Å². The Morgan fingerprint density at radius 1 is 1.30 bits per heavy atom. The SMILES string of the molecule is O=c1cc(N2CCNCC2)nc2sc(C3=CC(c4ccoc4)CC=C3)nn12. The monoisotopic (exact) mass is 381 g/mol. The second-order valence-electron chi connectivity index (χ2n) is 6.71. The second kappa shape index (κ2) is 6.79. The Hall–Kier alpha value is -2.71. The highest BCUT2D eigenvalue weighted by Gasteiger charge is 2.19. The van der Waals surface area contributed by atoms with Crippen LogP contribution in [0.1, 0.15) is 22.9 Å². The van der Waals surface area contributed by atoms with Crippen LogP contribution in [0.25, 0.3) is 10.5 Å². The van der Waals surface area contributed by atoms with Crippen LogP contribution in [0, 0.1) is 0 Å². The van der Waals surface area contributed by atoms with Crippen LogP contribution in [0.15, 0.2) is 52.1 Å². The number of piperazine rings is 1. The fraction of sp³-hybridized carbons (Fsp3) is 0.316. The third-order valence-electron chi connectivity index (χ3n) is 4.96. The zero-order valence-electron chi connectivity index (χ0n) is 14.7. The normalized spacial score (nSPS) is 20.2. The fourth-order valence-electron chi connectivity index (χ4n) is 3.51. The molecule has 4 heterocycles. The van der Waals surface area contributed by atoms with Gasteiger partial charge >= 0.3 is 0 Å². The smallest absolute Gasteiger partial charge is 0.277 e. The molecule has 27 heavy (non-hydrogen) atoms. The second-order valence-corrected chi connectivity index (χ2v) is 7.67. The van der Waals surface area contributed by atoms with Crippen molar-refractivity contribution in [1.29, 1.82) is 0 Å². The molecular weight excluding hydrogens is 362 g/mol. The molecule has 8 heteroatoms. The van der Waals surface area contributed by atoms with Crippen molar-refractivity contribution in [3.8, 4) is 0 Å². The van der Waals surface area contributed by atoms with Gasteiger partial charge in [-0.2, -0.15) is 9.61 Å². The lowest BCUT2D eigenvalue weighted by Crippen LogP contribution is -2.44. The van der Waals surface area contributed by atoms with Gasteiger partial charge in [-0.3, -0.25) is 4.79 Å². The average Bonchev–Trinajstić information content (AvgIpc) is 3.39. The average molecular weight is 381 g/mol. The van der Waals surface area contributed by atoms with Gasteiger partial charge in [-0.05, 0) is 18.1 Å². The molecule has 1 atom stereocenters. The zero-order chi connectivity index (χ0) is 18.2. The molecule has 0 spiro atoms. The molecule has 3 aromatic heterocycles. The number of rotatable bonds is 3. The lowest BCUT2D eigenvalue weighted by Gasteiger charge is -2.27. The lowest BCUT2D eigenvalue weighted by molar-refractivity contribution is 0.562. The predicted molar refractivity (Wildman–Crippen MR) is 105 cm³/mol. The van der Waals surface area contributed by atoms with Gasteiger partial charge in [0.25, 0.3) is 5.56 Å². The van der Waals surface area contributed by atoms with E-state index in [0.29, 0.717) is 4.96 Å². The number of fused-ring (bicyclic) bond motifs is 1. The Balaban J connectivity index is 1.51. The minimum absolute atomic E-state index is 0.136. The highest BCUT2D eigenvalue weighted by Crippen LogP contribution is 2.33. The predicted octanol–water partition coefficient (Wildman–Crippen LogP) is 2.28. The van der Waals surface area contributed by atoms with E-state index in [1.54, 1.807) is 18.6 Å². The van der Waals surface area contributed by atoms with Crippen LogP contribution >= 0.6 is 11.3 Å². The highest BCUT2D eigenvalue weighted by atomic mass is 32.1. The van der Waals surface area contributed by atoms with Gasteiger partial charge in [0.15, 0.2) is 0 Å². The summed E-state index contributed by atoms with van der Waals surface area (Å²) in [4.78, 5) is 20.0. The summed E-state index contributed by atoms with van der Waals surface area (Å²) in [6.45, 7) is 3.52. The number of hydrogen-bond acceptors (Lipinski definition) is 7. The number of hydrogen-bond donors (Lipinski definition) is 1. The Bertz CT molecular complexity index is 1070. The lowest BCUT2D eigenvalue weighted by atomic mass is 9.91. The van der Waals surface area contributed by atoms with E-state index in [4.69, 9.17) is 9.40 Å². The van der Waals surface area contributed by atoms with E-state index in [0.717, 1.165) is 54.6 Å². The van der Waals surface area contributed by atoms with Gasteiger partial charge in [0.05, 0.1) is 12.5 Å². The van der Waals surface area contributed by atoms with Crippen molar-refractivity contribution in [3.05, 3.63) is 63.8 Å². The van der Waals surface area contributed by atoms with Gasteiger partial charge in [0.2, 0.25) is 4.96 Å². The van der Waals surface area contributed by atoms with Crippen LogP contribution in [-0.2, 0) is 0 Å². The molecule has 2 aliphatic rings. The molecular formula is C19H19N5O2S. The topological polar surface area (TPSA) is 75.7 Å². The van der Waals surface area contributed by atoms with Gasteiger partial charge in [-0.25, -0.2) is 4.98 Å².